The smallest absolute Gasteiger partial charge is 0.244 e. The van der Waals surface area contributed by atoms with Gasteiger partial charge in [-0.2, -0.15) is 0 Å². The van der Waals surface area contributed by atoms with Crippen LogP contribution in [0.4, 0.5) is 0 Å². The highest BCUT2D eigenvalue weighted by Crippen LogP contribution is 2.24. The van der Waals surface area contributed by atoms with Gasteiger partial charge in [-0.1, -0.05) is 6.07 Å². The van der Waals surface area contributed by atoms with E-state index in [4.69, 9.17) is 4.42 Å². The summed E-state index contributed by atoms with van der Waals surface area (Å²) >= 11 is 1.46. The Kier molecular flexibility index (Phi) is 4.42. The van der Waals surface area contributed by atoms with E-state index in [2.05, 4.69) is 5.32 Å². The molecule has 20 heavy (non-hydrogen) atoms. The van der Waals surface area contributed by atoms with E-state index in [1.807, 2.05) is 30.5 Å². The Morgan fingerprint density at radius 1 is 1.50 bits per heavy atom. The van der Waals surface area contributed by atoms with Crippen LogP contribution in [-0.2, 0) is 10.4 Å². The van der Waals surface area contributed by atoms with Crippen LogP contribution in [0.2, 0.25) is 0 Å². The molecule has 0 aliphatic carbocycles. The molecule has 2 aromatic heterocycles. The second-order valence-electron chi connectivity index (χ2n) is 4.75. The van der Waals surface area contributed by atoms with E-state index >= 15 is 0 Å². The van der Waals surface area contributed by atoms with E-state index in [1.54, 1.807) is 19.1 Å². The lowest BCUT2D eigenvalue weighted by Crippen LogP contribution is -2.37. The molecule has 2 rings (SSSR count). The van der Waals surface area contributed by atoms with Crippen molar-refractivity contribution in [1.29, 1.82) is 0 Å². The average molecular weight is 291 g/mol. The van der Waals surface area contributed by atoms with Gasteiger partial charge in [0.25, 0.3) is 0 Å². The molecule has 0 saturated heterocycles. The molecule has 1 amide bonds. The molecular formula is C15H17NO3S. The van der Waals surface area contributed by atoms with E-state index in [0.29, 0.717) is 5.76 Å². The molecule has 0 fully saturated rings. The lowest BCUT2D eigenvalue weighted by molar-refractivity contribution is -0.117. The summed E-state index contributed by atoms with van der Waals surface area (Å²) < 4.78 is 5.32. The number of aliphatic hydroxyl groups is 1. The minimum absolute atomic E-state index is 0.161. The predicted octanol–water partition coefficient (Wildman–Crippen LogP) is 2.69. The van der Waals surface area contributed by atoms with E-state index in [-0.39, 0.29) is 12.5 Å². The minimum atomic E-state index is -1.06. The monoisotopic (exact) mass is 291 g/mol. The molecular weight excluding hydrogens is 274 g/mol. The zero-order chi connectivity index (χ0) is 14.6. The second kappa shape index (κ2) is 6.07. The van der Waals surface area contributed by atoms with Crippen LogP contribution in [-0.4, -0.2) is 17.6 Å². The molecule has 2 heterocycles. The van der Waals surface area contributed by atoms with Crippen LogP contribution in [0, 0.1) is 6.92 Å². The summed E-state index contributed by atoms with van der Waals surface area (Å²) in [5.74, 6) is 1.16. The van der Waals surface area contributed by atoms with Crippen molar-refractivity contribution in [2.75, 3.05) is 6.54 Å². The molecule has 0 spiro atoms. The first-order valence-electron chi connectivity index (χ1n) is 6.26. The third kappa shape index (κ3) is 3.82. The summed E-state index contributed by atoms with van der Waals surface area (Å²) in [4.78, 5) is 12.5. The summed E-state index contributed by atoms with van der Waals surface area (Å²) in [5.41, 5.74) is -1.06. The highest BCUT2D eigenvalue weighted by molar-refractivity contribution is 7.10. The third-order valence-electron chi connectivity index (χ3n) is 2.82. The molecule has 4 nitrogen and oxygen atoms in total. The first-order valence-corrected chi connectivity index (χ1v) is 7.14. The fraction of sp³-hybridized carbons (Fsp3) is 0.267. The summed E-state index contributed by atoms with van der Waals surface area (Å²) in [6.45, 7) is 3.68. The number of nitrogens with one attached hydrogen (secondary N) is 1. The summed E-state index contributed by atoms with van der Waals surface area (Å²) in [7, 11) is 0. The van der Waals surface area contributed by atoms with Crippen molar-refractivity contribution >= 4 is 23.3 Å². The maximum atomic E-state index is 11.7. The standard InChI is InChI=1S/C15H17NO3S/c1-11-5-6-12(19-11)7-8-14(17)16-10-15(2,18)13-4-3-9-20-13/h3-9,18H,10H2,1-2H3,(H,16,17)/b8-7+/t15-/m0/s1. The van der Waals surface area contributed by atoms with Crippen molar-refractivity contribution in [3.63, 3.8) is 0 Å². The molecule has 0 aromatic carbocycles. The molecule has 0 radical (unpaired) electrons. The Hall–Kier alpha value is -1.85. The van der Waals surface area contributed by atoms with Gasteiger partial charge in [-0.15, -0.1) is 11.3 Å². The number of furan rings is 1. The van der Waals surface area contributed by atoms with Gasteiger partial charge >= 0.3 is 0 Å². The molecule has 5 heteroatoms. The van der Waals surface area contributed by atoms with Gasteiger partial charge in [0.1, 0.15) is 17.1 Å². The number of rotatable bonds is 5. The molecule has 2 N–H and O–H groups in total. The Bertz CT molecular complexity index is 596. The van der Waals surface area contributed by atoms with Crippen molar-refractivity contribution in [2.45, 2.75) is 19.4 Å². The molecule has 1 atom stereocenters. The molecule has 0 aliphatic rings. The average Bonchev–Trinajstić information content (AvgIpc) is 3.05. The lowest BCUT2D eigenvalue weighted by Gasteiger charge is -2.21. The van der Waals surface area contributed by atoms with Gasteiger partial charge in [-0.05, 0) is 43.5 Å². The van der Waals surface area contributed by atoms with Crippen molar-refractivity contribution in [3.05, 3.63) is 52.1 Å². The van der Waals surface area contributed by atoms with Crippen molar-refractivity contribution in [1.82, 2.24) is 5.32 Å². The van der Waals surface area contributed by atoms with Gasteiger partial charge in [0.05, 0.1) is 6.54 Å². The molecule has 0 saturated carbocycles. The molecule has 106 valence electrons. The Morgan fingerprint density at radius 2 is 2.30 bits per heavy atom. The third-order valence-corrected chi connectivity index (χ3v) is 3.94. The van der Waals surface area contributed by atoms with E-state index in [1.165, 1.54) is 17.4 Å². The Labute approximate surface area is 121 Å². The number of aryl methyl sites for hydroxylation is 1. The quantitative estimate of drug-likeness (QED) is 0.833. The van der Waals surface area contributed by atoms with Crippen LogP contribution < -0.4 is 5.32 Å². The van der Waals surface area contributed by atoms with Crippen molar-refractivity contribution in [2.24, 2.45) is 0 Å². The predicted molar refractivity (Wildman–Crippen MR) is 79.4 cm³/mol. The maximum Gasteiger partial charge on any atom is 0.244 e. The van der Waals surface area contributed by atoms with Crippen LogP contribution in [0.3, 0.4) is 0 Å². The zero-order valence-corrected chi connectivity index (χ0v) is 12.2. The fourth-order valence-corrected chi connectivity index (χ4v) is 2.48. The van der Waals surface area contributed by atoms with Crippen LogP contribution in [0.1, 0.15) is 23.3 Å². The number of carbonyl (C=O) groups is 1. The number of carbonyl (C=O) groups excluding carboxylic acids is 1. The number of amides is 1. The first kappa shape index (κ1) is 14.6. The van der Waals surface area contributed by atoms with E-state index in [0.717, 1.165) is 10.6 Å². The lowest BCUT2D eigenvalue weighted by atomic mass is 10.1. The largest absolute Gasteiger partial charge is 0.462 e. The summed E-state index contributed by atoms with van der Waals surface area (Å²) in [6, 6.07) is 7.34. The summed E-state index contributed by atoms with van der Waals surface area (Å²) in [6.07, 6.45) is 2.99. The Balaban J connectivity index is 1.88. The van der Waals surface area contributed by atoms with Gasteiger partial charge in [0.2, 0.25) is 5.91 Å². The van der Waals surface area contributed by atoms with Crippen LogP contribution in [0.5, 0.6) is 0 Å². The zero-order valence-electron chi connectivity index (χ0n) is 11.4. The molecule has 2 aromatic rings. The van der Waals surface area contributed by atoms with E-state index in [9.17, 15) is 9.90 Å². The number of hydrogen-bond acceptors (Lipinski definition) is 4. The number of thiophene rings is 1. The molecule has 0 aliphatic heterocycles. The maximum absolute atomic E-state index is 11.7. The topological polar surface area (TPSA) is 62.5 Å². The van der Waals surface area contributed by atoms with Crippen molar-refractivity contribution < 1.29 is 14.3 Å². The Morgan fingerprint density at radius 3 is 2.90 bits per heavy atom. The van der Waals surface area contributed by atoms with Crippen LogP contribution in [0.15, 0.2) is 40.1 Å². The highest BCUT2D eigenvalue weighted by atomic mass is 32.1. The van der Waals surface area contributed by atoms with Gasteiger partial charge in [0.15, 0.2) is 0 Å². The molecule has 0 bridgehead atoms. The van der Waals surface area contributed by atoms with E-state index < -0.39 is 5.60 Å². The van der Waals surface area contributed by atoms with Crippen molar-refractivity contribution in [3.8, 4) is 0 Å². The number of hydrogen-bond donors (Lipinski definition) is 2. The minimum Gasteiger partial charge on any atom is -0.462 e. The van der Waals surface area contributed by atoms with Gasteiger partial charge < -0.3 is 14.8 Å². The SMILES string of the molecule is Cc1ccc(/C=C/C(=O)NC[C@](C)(O)c2cccs2)o1. The first-order chi connectivity index (χ1) is 9.47. The van der Waals surface area contributed by atoms with Gasteiger partial charge in [-0.3, -0.25) is 4.79 Å². The van der Waals surface area contributed by atoms with Gasteiger partial charge in [0, 0.05) is 11.0 Å². The van der Waals surface area contributed by atoms with Crippen LogP contribution >= 0.6 is 11.3 Å². The molecule has 0 unspecified atom stereocenters. The van der Waals surface area contributed by atoms with Crippen LogP contribution in [0.25, 0.3) is 6.08 Å². The summed E-state index contributed by atoms with van der Waals surface area (Å²) in [5, 5.41) is 14.8. The fourth-order valence-electron chi connectivity index (χ4n) is 1.69. The normalized spacial score (nSPS) is 14.3. The highest BCUT2D eigenvalue weighted by Gasteiger charge is 2.24. The second-order valence-corrected chi connectivity index (χ2v) is 5.70. The van der Waals surface area contributed by atoms with Gasteiger partial charge in [-0.25, -0.2) is 0 Å².